The number of sulfonamides is 1. The van der Waals surface area contributed by atoms with Crippen molar-refractivity contribution in [1.29, 1.82) is 0 Å². The van der Waals surface area contributed by atoms with Gasteiger partial charge in [0.15, 0.2) is 5.58 Å². The minimum Gasteiger partial charge on any atom is -0.356 e. The molecule has 0 saturated carbocycles. The van der Waals surface area contributed by atoms with Crippen LogP contribution in [0.2, 0.25) is 0 Å². The number of rotatable bonds is 4. The van der Waals surface area contributed by atoms with Crippen LogP contribution in [0.5, 0.6) is 0 Å². The fourth-order valence-corrected chi connectivity index (χ4v) is 3.56. The zero-order valence-corrected chi connectivity index (χ0v) is 12.7. The first-order valence-electron chi connectivity index (χ1n) is 6.88. The zero-order chi connectivity index (χ0) is 15.9. The molecule has 8 heteroatoms. The summed E-state index contributed by atoms with van der Waals surface area (Å²) < 4.78 is 32.4. The van der Waals surface area contributed by atoms with Crippen LogP contribution >= 0.6 is 0 Å². The van der Waals surface area contributed by atoms with E-state index in [-0.39, 0.29) is 5.75 Å². The van der Waals surface area contributed by atoms with Crippen LogP contribution in [-0.2, 0) is 15.8 Å². The van der Waals surface area contributed by atoms with Gasteiger partial charge in [0.2, 0.25) is 10.0 Å². The summed E-state index contributed by atoms with van der Waals surface area (Å²) >= 11 is 0. The van der Waals surface area contributed by atoms with Crippen LogP contribution in [0.1, 0.15) is 5.69 Å². The minimum atomic E-state index is -3.61. The largest absolute Gasteiger partial charge is 0.356 e. The number of nitrogens with zero attached hydrogens (tertiary/aromatic N) is 2. The molecule has 7 nitrogen and oxygen atoms in total. The summed E-state index contributed by atoms with van der Waals surface area (Å²) in [4.78, 5) is 0. The van der Waals surface area contributed by atoms with Crippen LogP contribution in [0.3, 0.4) is 0 Å². The number of benzene rings is 2. The van der Waals surface area contributed by atoms with Gasteiger partial charge in [0.05, 0.1) is 17.4 Å². The van der Waals surface area contributed by atoms with Crippen LogP contribution < -0.4 is 4.72 Å². The van der Waals surface area contributed by atoms with Gasteiger partial charge in [-0.3, -0.25) is 9.82 Å². The second-order valence-corrected chi connectivity index (χ2v) is 6.88. The monoisotopic (exact) mass is 328 g/mol. The van der Waals surface area contributed by atoms with Crippen molar-refractivity contribution in [3.05, 3.63) is 54.4 Å². The van der Waals surface area contributed by atoms with Crippen LogP contribution in [0.25, 0.3) is 21.9 Å². The molecule has 0 atom stereocenters. The Labute approximate surface area is 131 Å². The molecule has 2 aromatic carbocycles. The molecule has 0 amide bonds. The summed E-state index contributed by atoms with van der Waals surface area (Å²) in [6, 6.07) is 12.3. The Bertz CT molecular complexity index is 1100. The van der Waals surface area contributed by atoms with Gasteiger partial charge in [0, 0.05) is 10.8 Å². The lowest BCUT2D eigenvalue weighted by Crippen LogP contribution is -2.15. The van der Waals surface area contributed by atoms with Crippen molar-refractivity contribution >= 4 is 37.6 Å². The quantitative estimate of drug-likeness (QED) is 0.600. The average molecular weight is 328 g/mol. The number of nitrogens with one attached hydrogen (secondary N) is 2. The van der Waals surface area contributed by atoms with Crippen molar-refractivity contribution in [2.75, 3.05) is 4.72 Å². The van der Waals surface area contributed by atoms with E-state index in [2.05, 4.69) is 20.1 Å². The summed E-state index contributed by atoms with van der Waals surface area (Å²) in [5.41, 5.74) is 2.18. The number of H-pyrrole nitrogens is 1. The Hall–Kier alpha value is -2.87. The summed E-state index contributed by atoms with van der Waals surface area (Å²) in [6.45, 7) is 0. The van der Waals surface area contributed by atoms with E-state index in [0.717, 1.165) is 10.9 Å². The van der Waals surface area contributed by atoms with Gasteiger partial charge < -0.3 is 4.52 Å². The van der Waals surface area contributed by atoms with Crippen molar-refractivity contribution in [2.45, 2.75) is 5.75 Å². The molecule has 4 rings (SSSR count). The number of fused-ring (bicyclic) bond motifs is 2. The first-order valence-corrected chi connectivity index (χ1v) is 8.53. The summed E-state index contributed by atoms with van der Waals surface area (Å²) in [5.74, 6) is -0.259. The molecule has 0 radical (unpaired) electrons. The topological polar surface area (TPSA) is 101 Å². The molecule has 0 aliphatic heterocycles. The minimum absolute atomic E-state index is 0.259. The SMILES string of the molecule is O=S(=O)(Cc1noc2ccccc12)Nc1ccc2cn[nH]c2c1. The van der Waals surface area contributed by atoms with Crippen molar-refractivity contribution in [3.63, 3.8) is 0 Å². The van der Waals surface area contributed by atoms with Crippen molar-refractivity contribution < 1.29 is 12.9 Å². The molecule has 2 N–H and O–H groups in total. The highest BCUT2D eigenvalue weighted by Crippen LogP contribution is 2.22. The molecule has 116 valence electrons. The number of para-hydroxylation sites is 1. The van der Waals surface area contributed by atoms with Gasteiger partial charge in [-0.25, -0.2) is 8.42 Å². The molecule has 4 aromatic rings. The molecule has 2 aromatic heterocycles. The second kappa shape index (κ2) is 5.10. The van der Waals surface area contributed by atoms with Gasteiger partial charge in [-0.1, -0.05) is 17.3 Å². The highest BCUT2D eigenvalue weighted by molar-refractivity contribution is 7.91. The third-order valence-electron chi connectivity index (χ3n) is 3.49. The third-order valence-corrected chi connectivity index (χ3v) is 4.69. The van der Waals surface area contributed by atoms with E-state index in [1.54, 1.807) is 36.5 Å². The van der Waals surface area contributed by atoms with Crippen LogP contribution in [-0.4, -0.2) is 23.8 Å². The maximum atomic E-state index is 12.4. The van der Waals surface area contributed by atoms with E-state index in [9.17, 15) is 8.42 Å². The lowest BCUT2D eigenvalue weighted by molar-refractivity contribution is 0.448. The Balaban J connectivity index is 1.62. The number of aromatic amines is 1. The van der Waals surface area contributed by atoms with Crippen molar-refractivity contribution in [2.24, 2.45) is 0 Å². The van der Waals surface area contributed by atoms with E-state index in [0.29, 0.717) is 22.4 Å². The normalized spacial score (nSPS) is 12.0. The lowest BCUT2D eigenvalue weighted by Gasteiger charge is -2.06. The molecule has 2 heterocycles. The average Bonchev–Trinajstić information content (AvgIpc) is 3.13. The first kappa shape index (κ1) is 13.8. The summed E-state index contributed by atoms with van der Waals surface area (Å²) in [6.07, 6.45) is 1.68. The predicted molar refractivity (Wildman–Crippen MR) is 86.3 cm³/mol. The zero-order valence-electron chi connectivity index (χ0n) is 11.9. The predicted octanol–water partition coefficient (Wildman–Crippen LogP) is 2.65. The molecule has 0 aliphatic carbocycles. The van der Waals surface area contributed by atoms with E-state index in [1.165, 1.54) is 0 Å². The molecule has 0 bridgehead atoms. The Morgan fingerprint density at radius 2 is 2.04 bits per heavy atom. The molecule has 0 aliphatic rings. The van der Waals surface area contributed by atoms with Crippen molar-refractivity contribution in [1.82, 2.24) is 15.4 Å². The van der Waals surface area contributed by atoms with E-state index in [1.807, 2.05) is 12.1 Å². The van der Waals surface area contributed by atoms with Crippen LogP contribution in [0.15, 0.2) is 53.2 Å². The van der Waals surface area contributed by atoms with E-state index in [4.69, 9.17) is 4.52 Å². The van der Waals surface area contributed by atoms with E-state index < -0.39 is 10.0 Å². The van der Waals surface area contributed by atoms with Gasteiger partial charge in [-0.05, 0) is 30.3 Å². The van der Waals surface area contributed by atoms with Crippen molar-refractivity contribution in [3.8, 4) is 0 Å². The van der Waals surface area contributed by atoms with Gasteiger partial charge in [0.1, 0.15) is 11.4 Å². The maximum absolute atomic E-state index is 12.4. The van der Waals surface area contributed by atoms with Gasteiger partial charge in [-0.2, -0.15) is 5.10 Å². The molecular weight excluding hydrogens is 316 g/mol. The summed E-state index contributed by atoms with van der Waals surface area (Å²) in [7, 11) is -3.61. The number of aromatic nitrogens is 3. The smallest absolute Gasteiger partial charge is 0.238 e. The highest BCUT2D eigenvalue weighted by Gasteiger charge is 2.17. The maximum Gasteiger partial charge on any atom is 0.238 e. The molecular formula is C15H12N4O3S. The molecule has 23 heavy (non-hydrogen) atoms. The standard InChI is InChI=1S/C15H12N4O3S/c20-23(21,9-14-12-3-1-2-4-15(12)22-18-14)19-11-6-5-10-8-16-17-13(10)7-11/h1-8,19H,9H2,(H,16,17). The molecule has 0 saturated heterocycles. The van der Waals surface area contributed by atoms with Gasteiger partial charge in [0.25, 0.3) is 0 Å². The lowest BCUT2D eigenvalue weighted by atomic mass is 10.2. The fourth-order valence-electron chi connectivity index (χ4n) is 2.44. The van der Waals surface area contributed by atoms with Gasteiger partial charge >= 0.3 is 0 Å². The number of hydrogen-bond donors (Lipinski definition) is 2. The first-order chi connectivity index (χ1) is 11.1. The number of anilines is 1. The Morgan fingerprint density at radius 3 is 2.96 bits per heavy atom. The summed E-state index contributed by atoms with van der Waals surface area (Å²) in [5, 5.41) is 12.2. The van der Waals surface area contributed by atoms with Gasteiger partial charge in [-0.15, -0.1) is 0 Å². The third kappa shape index (κ3) is 2.64. The Kier molecular flexibility index (Phi) is 3.05. The molecule has 0 spiro atoms. The molecule has 0 fully saturated rings. The van der Waals surface area contributed by atoms with Crippen LogP contribution in [0, 0.1) is 0 Å². The van der Waals surface area contributed by atoms with Crippen LogP contribution in [0.4, 0.5) is 5.69 Å². The second-order valence-electron chi connectivity index (χ2n) is 5.16. The fraction of sp³-hybridized carbons (Fsp3) is 0.0667. The van der Waals surface area contributed by atoms with E-state index >= 15 is 0 Å². The number of hydrogen-bond acceptors (Lipinski definition) is 5. The highest BCUT2D eigenvalue weighted by atomic mass is 32.2. The molecule has 0 unspecified atom stereocenters. The Morgan fingerprint density at radius 1 is 1.17 bits per heavy atom.